The van der Waals surface area contributed by atoms with Gasteiger partial charge < -0.3 is 4.74 Å². The van der Waals surface area contributed by atoms with Crippen LogP contribution < -0.4 is 4.74 Å². The number of aromatic nitrogens is 4. The van der Waals surface area contributed by atoms with Crippen molar-refractivity contribution in [3.8, 4) is 22.8 Å². The zero-order valence-electron chi connectivity index (χ0n) is 16.7. The second-order valence-electron chi connectivity index (χ2n) is 6.52. The molecule has 4 aromatic rings. The maximum Gasteiger partial charge on any atom is 0.196 e. The van der Waals surface area contributed by atoms with Crippen LogP contribution in [0.4, 0.5) is 0 Å². The summed E-state index contributed by atoms with van der Waals surface area (Å²) in [5.74, 6) is 1.77. The fraction of sp³-hybridized carbons (Fsp3) is 0.130. The highest BCUT2D eigenvalue weighted by molar-refractivity contribution is 9.10. The van der Waals surface area contributed by atoms with Crippen LogP contribution in [0.3, 0.4) is 0 Å². The van der Waals surface area contributed by atoms with Crippen molar-refractivity contribution in [1.82, 2.24) is 19.7 Å². The highest BCUT2D eigenvalue weighted by Crippen LogP contribution is 2.29. The predicted molar refractivity (Wildman–Crippen MR) is 125 cm³/mol. The average Bonchev–Trinajstić information content (AvgIpc) is 3.23. The van der Waals surface area contributed by atoms with Crippen molar-refractivity contribution < 1.29 is 9.53 Å². The zero-order valence-corrected chi connectivity index (χ0v) is 19.1. The van der Waals surface area contributed by atoms with Gasteiger partial charge in [-0.15, -0.1) is 10.2 Å². The molecule has 4 rings (SSSR count). The number of carbonyl (C=O) groups excluding carboxylic acids is 1. The van der Waals surface area contributed by atoms with Crippen molar-refractivity contribution in [2.45, 2.75) is 12.1 Å². The third-order valence-electron chi connectivity index (χ3n) is 4.48. The Bertz CT molecular complexity index is 1160. The van der Waals surface area contributed by atoms with Crippen molar-refractivity contribution in [2.24, 2.45) is 0 Å². The van der Waals surface area contributed by atoms with E-state index in [0.29, 0.717) is 23.2 Å². The van der Waals surface area contributed by atoms with E-state index in [1.165, 1.54) is 11.8 Å². The molecule has 0 amide bonds. The number of rotatable bonds is 8. The maximum atomic E-state index is 12.7. The minimum absolute atomic E-state index is 0.0317. The van der Waals surface area contributed by atoms with Gasteiger partial charge in [0.05, 0.1) is 12.4 Å². The number of nitrogens with zero attached hydrogens (tertiary/aromatic N) is 4. The second kappa shape index (κ2) is 9.89. The Balaban J connectivity index is 1.65. The summed E-state index contributed by atoms with van der Waals surface area (Å²) in [6, 6.07) is 18.9. The molecule has 156 valence electrons. The fourth-order valence-corrected chi connectivity index (χ4v) is 4.10. The van der Waals surface area contributed by atoms with Crippen molar-refractivity contribution in [2.75, 3.05) is 12.4 Å². The summed E-state index contributed by atoms with van der Waals surface area (Å²) in [5, 5.41) is 9.41. The largest absolute Gasteiger partial charge is 0.494 e. The topological polar surface area (TPSA) is 69.9 Å². The van der Waals surface area contributed by atoms with Crippen LogP contribution in [0.25, 0.3) is 17.1 Å². The van der Waals surface area contributed by atoms with Crippen LogP contribution in [0.15, 0.2) is 82.7 Å². The van der Waals surface area contributed by atoms with Crippen molar-refractivity contribution in [3.05, 3.63) is 83.1 Å². The van der Waals surface area contributed by atoms with Gasteiger partial charge in [-0.3, -0.25) is 14.3 Å². The lowest BCUT2D eigenvalue weighted by Gasteiger charge is -2.11. The van der Waals surface area contributed by atoms with Gasteiger partial charge in [0, 0.05) is 33.7 Å². The summed E-state index contributed by atoms with van der Waals surface area (Å²) >= 11 is 4.75. The summed E-state index contributed by atoms with van der Waals surface area (Å²) in [4.78, 5) is 16.7. The van der Waals surface area contributed by atoms with E-state index in [9.17, 15) is 4.79 Å². The Kier molecular flexibility index (Phi) is 6.79. The molecule has 0 unspecified atom stereocenters. The molecule has 0 spiro atoms. The van der Waals surface area contributed by atoms with E-state index in [1.807, 2.05) is 72.2 Å². The molecule has 0 fully saturated rings. The van der Waals surface area contributed by atoms with E-state index in [0.717, 1.165) is 21.5 Å². The van der Waals surface area contributed by atoms with E-state index in [-0.39, 0.29) is 11.5 Å². The van der Waals surface area contributed by atoms with Crippen LogP contribution in [-0.4, -0.2) is 37.9 Å². The molecule has 8 heteroatoms. The summed E-state index contributed by atoms with van der Waals surface area (Å²) in [6.45, 7) is 2.56. The number of hydrogen-bond donors (Lipinski definition) is 0. The molecule has 31 heavy (non-hydrogen) atoms. The predicted octanol–water partition coefficient (Wildman–Crippen LogP) is 5.47. The fourth-order valence-electron chi connectivity index (χ4n) is 2.99. The molecule has 0 saturated carbocycles. The highest BCUT2D eigenvalue weighted by atomic mass is 79.9. The lowest BCUT2D eigenvalue weighted by Crippen LogP contribution is -2.05. The van der Waals surface area contributed by atoms with Gasteiger partial charge in [-0.1, -0.05) is 39.8 Å². The third-order valence-corrected chi connectivity index (χ3v) is 5.93. The molecule has 0 aliphatic heterocycles. The number of carbonyl (C=O) groups is 1. The minimum Gasteiger partial charge on any atom is -0.494 e. The number of Topliss-reactive ketones (excluding diaryl/α,β-unsaturated/α-hetero) is 1. The summed E-state index contributed by atoms with van der Waals surface area (Å²) in [5.41, 5.74) is 2.44. The molecule has 0 N–H and O–H groups in total. The normalized spacial score (nSPS) is 10.8. The summed E-state index contributed by atoms with van der Waals surface area (Å²) < 4.78 is 8.45. The Morgan fingerprint density at radius 2 is 1.71 bits per heavy atom. The molecular formula is C23H19BrN4O2S. The maximum absolute atomic E-state index is 12.7. The van der Waals surface area contributed by atoms with E-state index < -0.39 is 0 Å². The monoisotopic (exact) mass is 494 g/mol. The minimum atomic E-state index is 0.0317. The van der Waals surface area contributed by atoms with E-state index in [4.69, 9.17) is 4.74 Å². The number of halogens is 1. The van der Waals surface area contributed by atoms with Crippen LogP contribution in [0.1, 0.15) is 17.3 Å². The van der Waals surface area contributed by atoms with Crippen LogP contribution >= 0.6 is 27.7 Å². The first-order chi connectivity index (χ1) is 15.2. The molecule has 0 aliphatic carbocycles. The summed E-state index contributed by atoms with van der Waals surface area (Å²) in [6.07, 6.45) is 3.44. The third kappa shape index (κ3) is 5.03. The van der Waals surface area contributed by atoms with Gasteiger partial charge in [0.1, 0.15) is 5.75 Å². The van der Waals surface area contributed by atoms with Gasteiger partial charge in [0.2, 0.25) is 0 Å². The molecule has 0 atom stereocenters. The Morgan fingerprint density at radius 1 is 1.00 bits per heavy atom. The Morgan fingerprint density at radius 3 is 2.39 bits per heavy atom. The van der Waals surface area contributed by atoms with E-state index >= 15 is 0 Å². The highest BCUT2D eigenvalue weighted by Gasteiger charge is 2.18. The van der Waals surface area contributed by atoms with Gasteiger partial charge >= 0.3 is 0 Å². The first-order valence-corrected chi connectivity index (χ1v) is 11.4. The Hall–Kier alpha value is -2.97. The lowest BCUT2D eigenvalue weighted by molar-refractivity contribution is 0.102. The average molecular weight is 495 g/mol. The number of benzene rings is 2. The van der Waals surface area contributed by atoms with Crippen molar-refractivity contribution >= 4 is 33.5 Å². The standard InChI is InChI=1S/C23H19BrN4O2S/c1-2-30-20-9-7-19(8-10-20)28-22(17-11-13-25-14-12-17)26-27-23(28)31-15-21(29)16-3-5-18(24)6-4-16/h3-14H,2,15H2,1H3. The number of pyridine rings is 1. The molecule has 2 aromatic heterocycles. The number of hydrogen-bond acceptors (Lipinski definition) is 6. The number of ketones is 1. The number of thioether (sulfide) groups is 1. The quantitative estimate of drug-likeness (QED) is 0.239. The van der Waals surface area contributed by atoms with E-state index in [2.05, 4.69) is 31.1 Å². The first-order valence-electron chi connectivity index (χ1n) is 9.66. The van der Waals surface area contributed by atoms with Crippen LogP contribution in [0, 0.1) is 0 Å². The van der Waals surface area contributed by atoms with Gasteiger partial charge in [-0.05, 0) is 55.5 Å². The van der Waals surface area contributed by atoms with Gasteiger partial charge in [0.25, 0.3) is 0 Å². The van der Waals surface area contributed by atoms with Crippen LogP contribution in [0.2, 0.25) is 0 Å². The first kappa shape index (κ1) is 21.3. The van der Waals surface area contributed by atoms with Gasteiger partial charge in [-0.25, -0.2) is 0 Å². The molecule has 2 heterocycles. The van der Waals surface area contributed by atoms with Crippen molar-refractivity contribution in [1.29, 1.82) is 0 Å². The van der Waals surface area contributed by atoms with Crippen LogP contribution in [-0.2, 0) is 0 Å². The Labute approximate surface area is 192 Å². The second-order valence-corrected chi connectivity index (χ2v) is 8.38. The van der Waals surface area contributed by atoms with Gasteiger partial charge in [-0.2, -0.15) is 0 Å². The van der Waals surface area contributed by atoms with Gasteiger partial charge in [0.15, 0.2) is 16.8 Å². The lowest BCUT2D eigenvalue weighted by atomic mass is 10.2. The smallest absolute Gasteiger partial charge is 0.196 e. The molecule has 0 bridgehead atoms. The van der Waals surface area contributed by atoms with E-state index in [1.54, 1.807) is 12.4 Å². The van der Waals surface area contributed by atoms with Crippen molar-refractivity contribution in [3.63, 3.8) is 0 Å². The van der Waals surface area contributed by atoms with Crippen LogP contribution in [0.5, 0.6) is 5.75 Å². The molecule has 0 saturated heterocycles. The molecule has 0 radical (unpaired) electrons. The summed E-state index contributed by atoms with van der Waals surface area (Å²) in [7, 11) is 0. The number of ether oxygens (including phenoxy) is 1. The zero-order chi connectivity index (χ0) is 21.6. The molecular weight excluding hydrogens is 476 g/mol. The molecule has 6 nitrogen and oxygen atoms in total. The molecule has 0 aliphatic rings. The molecule has 2 aromatic carbocycles. The SMILES string of the molecule is CCOc1ccc(-n2c(SCC(=O)c3ccc(Br)cc3)nnc2-c2ccncc2)cc1.